The van der Waals surface area contributed by atoms with Crippen LogP contribution in [0, 0.1) is 6.92 Å². The van der Waals surface area contributed by atoms with E-state index in [1.54, 1.807) is 22.2 Å². The molecule has 2 aromatic heterocycles. The Bertz CT molecular complexity index is 528. The number of hydrogen-bond acceptors (Lipinski definition) is 3. The van der Waals surface area contributed by atoms with Crippen LogP contribution in [0.2, 0.25) is 10.0 Å². The quantitative estimate of drug-likeness (QED) is 0.931. The molecule has 0 saturated heterocycles. The van der Waals surface area contributed by atoms with E-state index >= 15 is 0 Å². The molecule has 6 heteroatoms. The van der Waals surface area contributed by atoms with E-state index in [2.05, 4.69) is 22.7 Å². The lowest BCUT2D eigenvalue weighted by Gasteiger charge is -2.18. The van der Waals surface area contributed by atoms with Gasteiger partial charge in [-0.15, -0.1) is 11.3 Å². The third-order valence-electron chi connectivity index (χ3n) is 2.81. The molecule has 0 radical (unpaired) electrons. The molecule has 2 rings (SSSR count). The normalized spacial score (nSPS) is 12.9. The van der Waals surface area contributed by atoms with Crippen molar-refractivity contribution in [1.29, 1.82) is 0 Å². The Kier molecular flexibility index (Phi) is 4.33. The zero-order valence-corrected chi connectivity index (χ0v) is 12.8. The molecule has 0 fully saturated rings. The van der Waals surface area contributed by atoms with Crippen LogP contribution in [-0.2, 0) is 7.05 Å². The molecule has 0 aromatic carbocycles. The van der Waals surface area contributed by atoms with Crippen LogP contribution in [0.1, 0.15) is 29.1 Å². The lowest BCUT2D eigenvalue weighted by Crippen LogP contribution is -2.24. The highest BCUT2D eigenvalue weighted by molar-refractivity contribution is 7.10. The van der Waals surface area contributed by atoms with Gasteiger partial charge >= 0.3 is 0 Å². The fourth-order valence-electron chi connectivity index (χ4n) is 1.91. The molecule has 0 aliphatic carbocycles. The Morgan fingerprint density at radius 3 is 2.67 bits per heavy atom. The van der Waals surface area contributed by atoms with E-state index < -0.39 is 0 Å². The highest BCUT2D eigenvalue weighted by Crippen LogP contribution is 2.37. The van der Waals surface area contributed by atoms with Gasteiger partial charge in [0.2, 0.25) is 0 Å². The highest BCUT2D eigenvalue weighted by atomic mass is 35.5. The molecule has 0 aliphatic rings. The summed E-state index contributed by atoms with van der Waals surface area (Å²) in [5, 5.41) is 11.1. The van der Waals surface area contributed by atoms with E-state index in [-0.39, 0.29) is 6.04 Å². The van der Waals surface area contributed by atoms with E-state index in [4.69, 9.17) is 23.2 Å². The van der Waals surface area contributed by atoms with Gasteiger partial charge in [0.25, 0.3) is 0 Å². The predicted octanol–water partition coefficient (Wildman–Crippen LogP) is 3.80. The van der Waals surface area contributed by atoms with Crippen LogP contribution in [0.4, 0.5) is 0 Å². The number of nitrogens with zero attached hydrogens (tertiary/aromatic N) is 2. The summed E-state index contributed by atoms with van der Waals surface area (Å²) in [5.74, 6) is 0. The molecule has 18 heavy (non-hydrogen) atoms. The molecule has 2 aromatic rings. The van der Waals surface area contributed by atoms with E-state index in [1.165, 1.54) is 0 Å². The number of aryl methyl sites for hydroxylation is 2. The van der Waals surface area contributed by atoms with E-state index in [0.29, 0.717) is 5.02 Å². The van der Waals surface area contributed by atoms with Crippen molar-refractivity contribution in [3.05, 3.63) is 37.8 Å². The van der Waals surface area contributed by atoms with Gasteiger partial charge in [0, 0.05) is 11.9 Å². The standard InChI is InChI=1S/C12H15Cl2N3S/c1-4-15-10(11-8(13)5-16-17(11)3)12-9(14)7(2)6-18-12/h5-6,10,15H,4H2,1-3H3. The van der Waals surface area contributed by atoms with Crippen LogP contribution in [0.3, 0.4) is 0 Å². The van der Waals surface area contributed by atoms with Crippen LogP contribution < -0.4 is 5.32 Å². The average molecular weight is 304 g/mol. The Morgan fingerprint density at radius 1 is 1.50 bits per heavy atom. The molecule has 3 nitrogen and oxygen atoms in total. The van der Waals surface area contributed by atoms with Gasteiger partial charge in [-0.05, 0) is 24.4 Å². The third kappa shape index (κ3) is 2.43. The number of hydrogen-bond donors (Lipinski definition) is 1. The first-order valence-corrected chi connectivity index (χ1v) is 7.34. The molecule has 2 heterocycles. The van der Waals surface area contributed by atoms with Crippen LogP contribution in [0.5, 0.6) is 0 Å². The van der Waals surface area contributed by atoms with Gasteiger partial charge in [0.05, 0.1) is 28.0 Å². The van der Waals surface area contributed by atoms with Gasteiger partial charge in [-0.1, -0.05) is 30.1 Å². The summed E-state index contributed by atoms with van der Waals surface area (Å²) in [6.07, 6.45) is 1.66. The summed E-state index contributed by atoms with van der Waals surface area (Å²) in [4.78, 5) is 1.08. The van der Waals surface area contributed by atoms with Crippen molar-refractivity contribution >= 4 is 34.5 Å². The number of nitrogens with one attached hydrogen (secondary N) is 1. The van der Waals surface area contributed by atoms with Crippen LogP contribution in [0.25, 0.3) is 0 Å². The maximum atomic E-state index is 6.36. The fourth-order valence-corrected chi connectivity index (χ4v) is 3.56. The molecular formula is C12H15Cl2N3S. The third-order valence-corrected chi connectivity index (χ3v) is 4.88. The molecule has 98 valence electrons. The van der Waals surface area contributed by atoms with E-state index in [9.17, 15) is 0 Å². The summed E-state index contributed by atoms with van der Waals surface area (Å²) in [6, 6.07) is -0.0128. The van der Waals surface area contributed by atoms with Crippen molar-refractivity contribution in [3.8, 4) is 0 Å². The summed E-state index contributed by atoms with van der Waals surface area (Å²) < 4.78 is 1.79. The van der Waals surface area contributed by atoms with Crippen LogP contribution in [0.15, 0.2) is 11.6 Å². The second kappa shape index (κ2) is 5.61. The zero-order valence-electron chi connectivity index (χ0n) is 10.5. The summed E-state index contributed by atoms with van der Waals surface area (Å²) in [5.41, 5.74) is 2.04. The minimum atomic E-state index is -0.0128. The van der Waals surface area contributed by atoms with Crippen molar-refractivity contribution in [2.24, 2.45) is 7.05 Å². The minimum Gasteiger partial charge on any atom is -0.304 e. The van der Waals surface area contributed by atoms with Gasteiger partial charge in [0.1, 0.15) is 0 Å². The lowest BCUT2D eigenvalue weighted by molar-refractivity contribution is 0.579. The molecule has 0 amide bonds. The van der Waals surface area contributed by atoms with Gasteiger partial charge < -0.3 is 5.32 Å². The van der Waals surface area contributed by atoms with Crippen molar-refractivity contribution in [2.45, 2.75) is 19.9 Å². The summed E-state index contributed by atoms with van der Waals surface area (Å²) in [7, 11) is 1.89. The monoisotopic (exact) mass is 303 g/mol. The van der Waals surface area contributed by atoms with Crippen molar-refractivity contribution in [3.63, 3.8) is 0 Å². The molecule has 0 bridgehead atoms. The summed E-state index contributed by atoms with van der Waals surface area (Å²) >= 11 is 14.2. The molecule has 1 N–H and O–H groups in total. The molecule has 1 atom stereocenters. The maximum absolute atomic E-state index is 6.36. The Labute approximate surface area is 121 Å². The molecule has 0 spiro atoms. The minimum absolute atomic E-state index is 0.0128. The molecule has 0 aliphatic heterocycles. The number of thiophene rings is 1. The van der Waals surface area contributed by atoms with Crippen LogP contribution >= 0.6 is 34.5 Å². The van der Waals surface area contributed by atoms with Crippen molar-refractivity contribution < 1.29 is 0 Å². The topological polar surface area (TPSA) is 29.9 Å². The van der Waals surface area contributed by atoms with E-state index in [0.717, 1.165) is 27.7 Å². The lowest BCUT2D eigenvalue weighted by atomic mass is 10.1. The number of halogens is 2. The van der Waals surface area contributed by atoms with Crippen molar-refractivity contribution in [2.75, 3.05) is 6.54 Å². The van der Waals surface area contributed by atoms with Gasteiger partial charge in [-0.3, -0.25) is 4.68 Å². The SMILES string of the molecule is CCNC(c1scc(C)c1Cl)c1c(Cl)cnn1C. The first kappa shape index (κ1) is 13.9. The number of aromatic nitrogens is 2. The second-order valence-corrected chi connectivity index (χ2v) is 5.79. The summed E-state index contributed by atoms with van der Waals surface area (Å²) in [6.45, 7) is 4.90. The fraction of sp³-hybridized carbons (Fsp3) is 0.417. The molecule has 1 unspecified atom stereocenters. The Morgan fingerprint density at radius 2 is 2.22 bits per heavy atom. The second-order valence-electron chi connectivity index (χ2n) is 4.09. The van der Waals surface area contributed by atoms with Gasteiger partial charge in [-0.25, -0.2) is 0 Å². The Hall–Kier alpha value is -0.550. The Balaban J connectivity index is 2.50. The van der Waals surface area contributed by atoms with Crippen LogP contribution in [-0.4, -0.2) is 16.3 Å². The maximum Gasteiger partial charge on any atom is 0.0872 e. The smallest absolute Gasteiger partial charge is 0.0872 e. The number of rotatable bonds is 4. The predicted molar refractivity (Wildman–Crippen MR) is 77.8 cm³/mol. The molecular weight excluding hydrogens is 289 g/mol. The molecule has 0 saturated carbocycles. The average Bonchev–Trinajstić information content (AvgIpc) is 2.83. The van der Waals surface area contributed by atoms with Crippen molar-refractivity contribution in [1.82, 2.24) is 15.1 Å². The van der Waals surface area contributed by atoms with Gasteiger partial charge in [0.15, 0.2) is 0 Å². The first-order chi connectivity index (χ1) is 8.56. The highest BCUT2D eigenvalue weighted by Gasteiger charge is 2.24. The van der Waals surface area contributed by atoms with E-state index in [1.807, 2.05) is 14.0 Å². The largest absolute Gasteiger partial charge is 0.304 e. The zero-order chi connectivity index (χ0) is 13.3. The van der Waals surface area contributed by atoms with Gasteiger partial charge in [-0.2, -0.15) is 5.10 Å². The first-order valence-electron chi connectivity index (χ1n) is 5.70.